The smallest absolute Gasteiger partial charge is 0.285 e. The molecular weight excluding hydrogens is 440 g/mol. The summed E-state index contributed by atoms with van der Waals surface area (Å²) in [5.41, 5.74) is 0.245. The van der Waals surface area contributed by atoms with E-state index in [2.05, 4.69) is 21.2 Å². The second-order valence-corrected chi connectivity index (χ2v) is 8.67. The molecule has 132 valence electrons. The number of hydrogen-bond acceptors (Lipinski definition) is 6. The summed E-state index contributed by atoms with van der Waals surface area (Å²) < 4.78 is 0.828. The van der Waals surface area contributed by atoms with Crippen LogP contribution < -0.4 is 5.32 Å². The number of carbonyl (C=O) groups is 1. The number of aromatic hydroxyl groups is 1. The van der Waals surface area contributed by atoms with Crippen LogP contribution in [0.25, 0.3) is 0 Å². The first kappa shape index (κ1) is 18.4. The van der Waals surface area contributed by atoms with Crippen molar-refractivity contribution in [3.63, 3.8) is 0 Å². The largest absolute Gasteiger partial charge is 0.508 e. The van der Waals surface area contributed by atoms with Gasteiger partial charge in [-0.15, -0.1) is 11.3 Å². The maximum absolute atomic E-state index is 12.2. The van der Waals surface area contributed by atoms with Gasteiger partial charge in [-0.2, -0.15) is 0 Å². The fourth-order valence-corrected chi connectivity index (χ4v) is 4.28. The zero-order valence-electron chi connectivity index (χ0n) is 13.0. The zero-order chi connectivity index (χ0) is 18.7. The molecule has 2 aromatic carbocycles. The van der Waals surface area contributed by atoms with Gasteiger partial charge in [-0.1, -0.05) is 11.8 Å². The maximum atomic E-state index is 12.2. The molecule has 0 bridgehead atoms. The lowest BCUT2D eigenvalue weighted by molar-refractivity contribution is -0.387. The molecule has 1 amide bonds. The molecule has 0 saturated heterocycles. The fraction of sp³-hybridized carbons (Fsp3) is 0. The van der Waals surface area contributed by atoms with E-state index >= 15 is 0 Å². The SMILES string of the molecule is O=C(Nc1ccc(Sc2ccc(O)cc2)c([N+](=O)[O-])c1)c1ccc(Br)s1. The highest BCUT2D eigenvalue weighted by Crippen LogP contribution is 2.37. The average Bonchev–Trinajstić information content (AvgIpc) is 3.04. The fourth-order valence-electron chi connectivity index (χ4n) is 2.09. The summed E-state index contributed by atoms with van der Waals surface area (Å²) in [7, 11) is 0. The van der Waals surface area contributed by atoms with Crippen LogP contribution in [0.4, 0.5) is 11.4 Å². The molecule has 0 spiro atoms. The van der Waals surface area contributed by atoms with Gasteiger partial charge in [-0.3, -0.25) is 14.9 Å². The predicted molar refractivity (Wildman–Crippen MR) is 105 cm³/mol. The third-order valence-electron chi connectivity index (χ3n) is 3.28. The van der Waals surface area contributed by atoms with E-state index in [0.717, 1.165) is 8.68 Å². The number of nitrogens with one attached hydrogen (secondary N) is 1. The van der Waals surface area contributed by atoms with E-state index < -0.39 is 4.92 Å². The number of nitrogens with zero attached hydrogens (tertiary/aromatic N) is 1. The van der Waals surface area contributed by atoms with Gasteiger partial charge < -0.3 is 10.4 Å². The van der Waals surface area contributed by atoms with E-state index in [1.165, 1.54) is 41.3 Å². The number of carbonyl (C=O) groups excluding carboxylic acids is 1. The molecular formula is C17H11BrN2O4S2. The third-order valence-corrected chi connectivity index (χ3v) is 5.97. The van der Waals surface area contributed by atoms with Crippen molar-refractivity contribution in [3.05, 3.63) is 73.4 Å². The van der Waals surface area contributed by atoms with Crippen LogP contribution in [0.2, 0.25) is 0 Å². The van der Waals surface area contributed by atoms with Crippen molar-refractivity contribution in [1.82, 2.24) is 0 Å². The molecule has 1 aromatic heterocycles. The van der Waals surface area contributed by atoms with Gasteiger partial charge in [0.1, 0.15) is 5.75 Å². The van der Waals surface area contributed by atoms with Crippen LogP contribution in [0.5, 0.6) is 5.75 Å². The summed E-state index contributed by atoms with van der Waals surface area (Å²) in [6.07, 6.45) is 0. The quantitative estimate of drug-likeness (QED) is 0.393. The van der Waals surface area contributed by atoms with Crippen molar-refractivity contribution >= 4 is 56.3 Å². The second kappa shape index (κ2) is 7.90. The molecule has 6 nitrogen and oxygen atoms in total. The minimum atomic E-state index is -0.486. The zero-order valence-corrected chi connectivity index (χ0v) is 16.2. The van der Waals surface area contributed by atoms with Crippen LogP contribution in [-0.2, 0) is 0 Å². The maximum Gasteiger partial charge on any atom is 0.285 e. The van der Waals surface area contributed by atoms with E-state index in [1.807, 2.05) is 0 Å². The van der Waals surface area contributed by atoms with Crippen LogP contribution in [0.3, 0.4) is 0 Å². The number of hydrogen-bond donors (Lipinski definition) is 2. The number of benzene rings is 2. The van der Waals surface area contributed by atoms with E-state index in [1.54, 1.807) is 36.4 Å². The normalized spacial score (nSPS) is 10.5. The first-order valence-corrected chi connectivity index (χ1v) is 9.67. The number of phenolic OH excluding ortho intramolecular Hbond substituents is 1. The van der Waals surface area contributed by atoms with Crippen LogP contribution >= 0.6 is 39.0 Å². The average molecular weight is 451 g/mol. The van der Waals surface area contributed by atoms with Crippen LogP contribution in [0.1, 0.15) is 9.67 Å². The first-order chi connectivity index (χ1) is 12.4. The van der Waals surface area contributed by atoms with Crippen LogP contribution in [-0.4, -0.2) is 15.9 Å². The lowest BCUT2D eigenvalue weighted by Gasteiger charge is -2.07. The van der Waals surface area contributed by atoms with E-state index in [-0.39, 0.29) is 17.3 Å². The molecule has 0 atom stereocenters. The minimum Gasteiger partial charge on any atom is -0.508 e. The standard InChI is InChI=1S/C17H11BrN2O4S2/c18-16-8-7-15(26-16)17(22)19-10-1-6-14(13(9-10)20(23)24)25-12-4-2-11(21)3-5-12/h1-9,21H,(H,19,22). The Hall–Kier alpha value is -2.36. The van der Waals surface area contributed by atoms with Crippen LogP contribution in [0, 0.1) is 10.1 Å². The minimum absolute atomic E-state index is 0.103. The van der Waals surface area contributed by atoms with Gasteiger partial charge in [0.25, 0.3) is 11.6 Å². The summed E-state index contributed by atoms with van der Waals surface area (Å²) in [4.78, 5) is 24.8. The Kier molecular flexibility index (Phi) is 5.60. The van der Waals surface area contributed by atoms with Gasteiger partial charge in [0.2, 0.25) is 0 Å². The molecule has 26 heavy (non-hydrogen) atoms. The molecule has 0 unspecified atom stereocenters. The van der Waals surface area contributed by atoms with Gasteiger partial charge in [0.05, 0.1) is 18.5 Å². The number of halogens is 1. The van der Waals surface area contributed by atoms with Crippen LogP contribution in [0.15, 0.2) is 68.2 Å². The first-order valence-electron chi connectivity index (χ1n) is 7.24. The molecule has 1 heterocycles. The Morgan fingerprint density at radius 2 is 1.88 bits per heavy atom. The Morgan fingerprint density at radius 3 is 2.50 bits per heavy atom. The Balaban J connectivity index is 1.83. The molecule has 0 aliphatic rings. The van der Waals surface area contributed by atoms with E-state index in [0.29, 0.717) is 15.5 Å². The Labute approximate surface area is 165 Å². The highest BCUT2D eigenvalue weighted by Gasteiger charge is 2.17. The van der Waals surface area contributed by atoms with Gasteiger partial charge in [0.15, 0.2) is 0 Å². The number of rotatable bonds is 5. The van der Waals surface area contributed by atoms with Crippen molar-refractivity contribution < 1.29 is 14.8 Å². The van der Waals surface area contributed by atoms with Crippen molar-refractivity contribution in [2.24, 2.45) is 0 Å². The highest BCUT2D eigenvalue weighted by molar-refractivity contribution is 9.11. The lowest BCUT2D eigenvalue weighted by atomic mass is 10.2. The molecule has 2 N–H and O–H groups in total. The Morgan fingerprint density at radius 1 is 1.15 bits per heavy atom. The summed E-state index contributed by atoms with van der Waals surface area (Å²) >= 11 is 5.78. The van der Waals surface area contributed by atoms with E-state index in [4.69, 9.17) is 0 Å². The molecule has 0 fully saturated rings. The number of anilines is 1. The topological polar surface area (TPSA) is 92.5 Å². The summed E-state index contributed by atoms with van der Waals surface area (Å²) in [5, 5.41) is 23.4. The van der Waals surface area contributed by atoms with Gasteiger partial charge in [0, 0.05) is 16.6 Å². The molecule has 0 aliphatic heterocycles. The summed E-state index contributed by atoms with van der Waals surface area (Å²) in [6, 6.07) is 14.4. The lowest BCUT2D eigenvalue weighted by Crippen LogP contribution is -2.10. The van der Waals surface area contributed by atoms with Crippen molar-refractivity contribution in [2.75, 3.05) is 5.32 Å². The highest BCUT2D eigenvalue weighted by atomic mass is 79.9. The monoisotopic (exact) mass is 450 g/mol. The Bertz CT molecular complexity index is 973. The van der Waals surface area contributed by atoms with E-state index in [9.17, 15) is 20.0 Å². The molecule has 3 rings (SSSR count). The number of nitro benzene ring substituents is 1. The van der Waals surface area contributed by atoms with Crippen molar-refractivity contribution in [1.29, 1.82) is 0 Å². The van der Waals surface area contributed by atoms with Crippen molar-refractivity contribution in [3.8, 4) is 5.75 Å². The molecule has 3 aromatic rings. The van der Waals surface area contributed by atoms with Crippen molar-refractivity contribution in [2.45, 2.75) is 9.79 Å². The second-order valence-electron chi connectivity index (χ2n) is 5.09. The van der Waals surface area contributed by atoms with Gasteiger partial charge >= 0.3 is 0 Å². The van der Waals surface area contributed by atoms with Gasteiger partial charge in [-0.05, 0) is 64.5 Å². The summed E-state index contributed by atoms with van der Waals surface area (Å²) in [6.45, 7) is 0. The molecule has 0 aliphatic carbocycles. The number of phenols is 1. The molecule has 9 heteroatoms. The number of amides is 1. The predicted octanol–water partition coefficient (Wildman–Crippen LogP) is 5.53. The molecule has 0 saturated carbocycles. The third kappa shape index (κ3) is 4.43. The summed E-state index contributed by atoms with van der Waals surface area (Å²) in [5.74, 6) is -0.198. The van der Waals surface area contributed by atoms with Gasteiger partial charge in [-0.25, -0.2) is 0 Å². The molecule has 0 radical (unpaired) electrons. The number of thiophene rings is 1. The number of nitro groups is 1.